The molecule has 0 saturated heterocycles. The van der Waals surface area contributed by atoms with Crippen molar-refractivity contribution in [2.24, 2.45) is 23.7 Å². The van der Waals surface area contributed by atoms with E-state index in [1.165, 1.54) is 0 Å². The summed E-state index contributed by atoms with van der Waals surface area (Å²) in [5.74, 6) is -0.0499. The number of hydrogen-bond acceptors (Lipinski definition) is 2. The van der Waals surface area contributed by atoms with Gasteiger partial charge in [-0.15, -0.1) is 0 Å². The minimum absolute atomic E-state index is 0.00779. The van der Waals surface area contributed by atoms with Gasteiger partial charge in [-0.2, -0.15) is 0 Å². The van der Waals surface area contributed by atoms with Crippen molar-refractivity contribution in [1.82, 2.24) is 10.6 Å². The quantitative estimate of drug-likeness (QED) is 0.767. The molecule has 4 heteroatoms. The minimum atomic E-state index is -0.270. The van der Waals surface area contributed by atoms with Crippen LogP contribution in [0.25, 0.3) is 0 Å². The van der Waals surface area contributed by atoms with Gasteiger partial charge in [0.1, 0.15) is 0 Å². The molecule has 4 atom stereocenters. The van der Waals surface area contributed by atoms with Crippen molar-refractivity contribution in [2.45, 2.75) is 59.0 Å². The normalized spacial score (nSPS) is 31.3. The largest absolute Gasteiger partial charge is 0.351 e. The molecule has 1 saturated carbocycles. The summed E-state index contributed by atoms with van der Waals surface area (Å²) in [6, 6.07) is 0. The highest BCUT2D eigenvalue weighted by atomic mass is 16.2. The van der Waals surface area contributed by atoms with E-state index in [0.717, 1.165) is 6.42 Å². The molecule has 0 aliphatic heterocycles. The van der Waals surface area contributed by atoms with E-state index in [1.807, 2.05) is 41.5 Å². The molecule has 2 aliphatic rings. The zero-order chi connectivity index (χ0) is 16.0. The molecule has 2 bridgehead atoms. The van der Waals surface area contributed by atoms with Gasteiger partial charge in [-0.3, -0.25) is 9.59 Å². The van der Waals surface area contributed by atoms with E-state index < -0.39 is 0 Å². The lowest BCUT2D eigenvalue weighted by Crippen LogP contribution is -2.51. The Morgan fingerprint density at radius 2 is 1.14 bits per heavy atom. The van der Waals surface area contributed by atoms with Crippen LogP contribution >= 0.6 is 0 Å². The highest BCUT2D eigenvalue weighted by molar-refractivity contribution is 5.90. The molecule has 0 aromatic heterocycles. The predicted molar refractivity (Wildman–Crippen MR) is 83.5 cm³/mol. The smallest absolute Gasteiger partial charge is 0.224 e. The summed E-state index contributed by atoms with van der Waals surface area (Å²) >= 11 is 0. The highest BCUT2D eigenvalue weighted by Gasteiger charge is 2.52. The lowest BCUT2D eigenvalue weighted by atomic mass is 9.81. The molecule has 0 unspecified atom stereocenters. The second kappa shape index (κ2) is 5.15. The third-order valence-electron chi connectivity index (χ3n) is 4.06. The average Bonchev–Trinajstić information content (AvgIpc) is 2.82. The first kappa shape index (κ1) is 16.1. The minimum Gasteiger partial charge on any atom is -0.351 e. The second-order valence-electron chi connectivity index (χ2n) is 8.48. The number of nitrogens with one attached hydrogen (secondary N) is 2. The molecule has 2 amide bonds. The van der Waals surface area contributed by atoms with Crippen LogP contribution in [0, 0.1) is 23.7 Å². The molecule has 118 valence electrons. The number of carbonyl (C=O) groups is 2. The summed E-state index contributed by atoms with van der Waals surface area (Å²) < 4.78 is 0. The van der Waals surface area contributed by atoms with Crippen molar-refractivity contribution in [1.29, 1.82) is 0 Å². The van der Waals surface area contributed by atoms with E-state index in [2.05, 4.69) is 22.8 Å². The Bertz CT molecular complexity index is 426. The fourth-order valence-corrected chi connectivity index (χ4v) is 3.44. The van der Waals surface area contributed by atoms with E-state index >= 15 is 0 Å². The topological polar surface area (TPSA) is 58.2 Å². The monoisotopic (exact) mass is 292 g/mol. The lowest BCUT2D eigenvalue weighted by molar-refractivity contribution is -0.137. The Hall–Kier alpha value is -1.32. The molecule has 0 aromatic carbocycles. The number of rotatable bonds is 2. The van der Waals surface area contributed by atoms with Crippen molar-refractivity contribution in [3.8, 4) is 0 Å². The van der Waals surface area contributed by atoms with Crippen LogP contribution in [-0.2, 0) is 9.59 Å². The fourth-order valence-electron chi connectivity index (χ4n) is 3.44. The van der Waals surface area contributed by atoms with E-state index in [9.17, 15) is 9.59 Å². The van der Waals surface area contributed by atoms with Gasteiger partial charge in [-0.1, -0.05) is 12.2 Å². The predicted octanol–water partition coefficient (Wildman–Crippen LogP) is 2.25. The van der Waals surface area contributed by atoms with Crippen LogP contribution in [0.2, 0.25) is 0 Å². The van der Waals surface area contributed by atoms with Crippen molar-refractivity contribution < 1.29 is 9.59 Å². The number of fused-ring (bicyclic) bond motifs is 2. The lowest BCUT2D eigenvalue weighted by Gasteiger charge is -2.32. The summed E-state index contributed by atoms with van der Waals surface area (Å²) in [7, 11) is 0. The van der Waals surface area contributed by atoms with Crippen LogP contribution in [-0.4, -0.2) is 22.9 Å². The molecular weight excluding hydrogens is 264 g/mol. The molecular formula is C17H28N2O2. The average molecular weight is 292 g/mol. The van der Waals surface area contributed by atoms with Crippen LogP contribution in [0.3, 0.4) is 0 Å². The summed E-state index contributed by atoms with van der Waals surface area (Å²) in [5, 5.41) is 6.08. The Morgan fingerprint density at radius 1 is 0.810 bits per heavy atom. The molecule has 2 N–H and O–H groups in total. The van der Waals surface area contributed by atoms with Crippen LogP contribution in [0.15, 0.2) is 12.2 Å². The van der Waals surface area contributed by atoms with Crippen LogP contribution in [0.4, 0.5) is 0 Å². The van der Waals surface area contributed by atoms with E-state index in [-0.39, 0.29) is 46.6 Å². The molecule has 21 heavy (non-hydrogen) atoms. The maximum absolute atomic E-state index is 12.6. The van der Waals surface area contributed by atoms with Gasteiger partial charge < -0.3 is 10.6 Å². The van der Waals surface area contributed by atoms with Gasteiger partial charge in [-0.25, -0.2) is 0 Å². The Balaban J connectivity index is 2.17. The van der Waals surface area contributed by atoms with Gasteiger partial charge in [-0.05, 0) is 59.8 Å². The number of amides is 2. The molecule has 0 aromatic rings. The van der Waals surface area contributed by atoms with Gasteiger partial charge in [0.2, 0.25) is 11.8 Å². The first-order valence-corrected chi connectivity index (χ1v) is 7.80. The van der Waals surface area contributed by atoms with Crippen molar-refractivity contribution in [3.63, 3.8) is 0 Å². The van der Waals surface area contributed by atoms with Gasteiger partial charge in [0.15, 0.2) is 0 Å². The first-order valence-electron chi connectivity index (χ1n) is 7.80. The molecule has 4 nitrogen and oxygen atoms in total. The Kier molecular flexibility index (Phi) is 3.94. The summed E-state index contributed by atoms with van der Waals surface area (Å²) in [6.07, 6.45) is 5.14. The highest BCUT2D eigenvalue weighted by Crippen LogP contribution is 2.48. The molecule has 2 rings (SSSR count). The zero-order valence-corrected chi connectivity index (χ0v) is 14.0. The van der Waals surface area contributed by atoms with Gasteiger partial charge in [0.05, 0.1) is 11.8 Å². The summed E-state index contributed by atoms with van der Waals surface area (Å²) in [4.78, 5) is 25.2. The van der Waals surface area contributed by atoms with Gasteiger partial charge >= 0.3 is 0 Å². The van der Waals surface area contributed by atoms with E-state index in [1.54, 1.807) is 0 Å². The van der Waals surface area contributed by atoms with Crippen LogP contribution in [0.5, 0.6) is 0 Å². The standard InChI is InChI=1S/C17H28N2O2/c1-16(2,3)18-14(20)12-10-7-8-11(9-10)13(12)15(21)19-17(4,5)6/h7-8,10-13H,9H2,1-6H3,(H,18,20)(H,19,21)/t10-,11+,12-,13-/m1/s1. The summed E-state index contributed by atoms with van der Waals surface area (Å²) in [6.45, 7) is 11.8. The van der Waals surface area contributed by atoms with E-state index in [0.29, 0.717) is 0 Å². The number of allylic oxidation sites excluding steroid dienone is 2. The number of carbonyl (C=O) groups excluding carboxylic acids is 2. The number of hydrogen-bond donors (Lipinski definition) is 2. The molecule has 0 heterocycles. The maximum Gasteiger partial charge on any atom is 0.224 e. The van der Waals surface area contributed by atoms with E-state index in [4.69, 9.17) is 0 Å². The molecule has 0 spiro atoms. The third-order valence-corrected chi connectivity index (χ3v) is 4.06. The zero-order valence-electron chi connectivity index (χ0n) is 14.0. The van der Waals surface area contributed by atoms with Crippen LogP contribution < -0.4 is 10.6 Å². The Labute approximate surface area is 127 Å². The van der Waals surface area contributed by atoms with Crippen LogP contribution in [0.1, 0.15) is 48.0 Å². The molecule has 2 aliphatic carbocycles. The SMILES string of the molecule is CC(C)(C)NC(=O)[C@H]1[C@H](C(=O)NC(C)(C)C)[C@H]2C=C[C@@H]1C2. The molecule has 1 fully saturated rings. The fraction of sp³-hybridized carbons (Fsp3) is 0.765. The second-order valence-corrected chi connectivity index (χ2v) is 8.48. The summed E-state index contributed by atoms with van der Waals surface area (Å²) in [5.41, 5.74) is -0.540. The van der Waals surface area contributed by atoms with Crippen molar-refractivity contribution >= 4 is 11.8 Å². The van der Waals surface area contributed by atoms with Gasteiger partial charge in [0.25, 0.3) is 0 Å². The van der Waals surface area contributed by atoms with Crippen molar-refractivity contribution in [3.05, 3.63) is 12.2 Å². The maximum atomic E-state index is 12.6. The van der Waals surface area contributed by atoms with Crippen molar-refractivity contribution in [2.75, 3.05) is 0 Å². The van der Waals surface area contributed by atoms with Gasteiger partial charge in [0, 0.05) is 11.1 Å². The Morgan fingerprint density at radius 3 is 1.43 bits per heavy atom. The third kappa shape index (κ3) is 3.66. The first-order chi connectivity index (χ1) is 9.48. The molecule has 0 radical (unpaired) electrons.